The van der Waals surface area contributed by atoms with Crippen LogP contribution in [-0.4, -0.2) is 34.7 Å². The molecular weight excluding hydrogens is 733 g/mol. The van der Waals surface area contributed by atoms with Gasteiger partial charge in [0.2, 0.25) is 0 Å². The first-order valence-electron chi connectivity index (χ1n) is 23.7. The molecule has 5 rings (SSSR count). The van der Waals surface area contributed by atoms with E-state index in [1.165, 1.54) is 11.1 Å². The fourth-order valence-corrected chi connectivity index (χ4v) is 8.83. The van der Waals surface area contributed by atoms with Gasteiger partial charge in [-0.05, 0) is 94.6 Å². The Morgan fingerprint density at radius 3 is 1.27 bits per heavy atom. The Bertz CT molecular complexity index is 2000. The van der Waals surface area contributed by atoms with Gasteiger partial charge in [-0.1, -0.05) is 205 Å². The van der Waals surface area contributed by atoms with Crippen LogP contribution in [0.15, 0.2) is 90.0 Å². The van der Waals surface area contributed by atoms with Crippen molar-refractivity contribution in [3.05, 3.63) is 123 Å². The van der Waals surface area contributed by atoms with Gasteiger partial charge in [0, 0.05) is 13.1 Å². The lowest BCUT2D eigenvalue weighted by atomic mass is 9.77. The fraction of sp³-hybridized carbons (Fsp3) is 0.500. The highest BCUT2D eigenvalue weighted by atomic mass is 16.2. The van der Waals surface area contributed by atoms with E-state index in [4.69, 9.17) is 0 Å². The van der Waals surface area contributed by atoms with Crippen molar-refractivity contribution >= 4 is 41.4 Å². The van der Waals surface area contributed by atoms with Crippen molar-refractivity contribution in [2.24, 2.45) is 17.3 Å². The molecule has 0 N–H and O–H groups in total. The number of allylic oxidation sites excluding steroid dienone is 1. The van der Waals surface area contributed by atoms with Crippen molar-refractivity contribution < 1.29 is 9.59 Å². The number of carbonyl (C=O) groups excluding carboxylic acids is 2. The molecule has 0 saturated carbocycles. The predicted molar refractivity (Wildman–Crippen MR) is 258 cm³/mol. The fourth-order valence-electron chi connectivity index (χ4n) is 8.83. The number of fused-ring (bicyclic) bond motifs is 1. The summed E-state index contributed by atoms with van der Waals surface area (Å²) in [6.45, 7) is 23.8. The van der Waals surface area contributed by atoms with E-state index in [9.17, 15) is 0 Å². The Balaban J connectivity index is 1.57. The highest BCUT2D eigenvalue weighted by Crippen LogP contribution is 2.48. The number of carbonyl (C=O) groups is 2. The molecule has 0 saturated heterocycles. The largest absolute Gasteiger partial charge is 0.307 e. The molecule has 0 aliphatic carbocycles. The average Bonchev–Trinajstić information content (AvgIpc) is 3.73. The van der Waals surface area contributed by atoms with E-state index in [1.807, 2.05) is 9.80 Å². The molecule has 0 fully saturated rings. The zero-order chi connectivity index (χ0) is 43.5. The number of hydrogen-bond acceptors (Lipinski definition) is 2. The third-order valence-electron chi connectivity index (χ3n) is 14.4. The maximum Gasteiger partial charge on any atom is 0.261 e. The van der Waals surface area contributed by atoms with Crippen LogP contribution in [0.2, 0.25) is 0 Å². The zero-order valence-electron chi connectivity index (χ0n) is 39.0. The standard InChI is InChI=1S/C56H76N2O2/c1-11-19-21-41(13-3)39-57-51(46-31-29-44(30-32-46)24-23-43-25-27-45(28-26-43)37-38-55(9,15-5)16-6)49-50(54(57)60)52(58(53(49)59)40-42(14-4)22-20-12-2)47-33-35-48(36-34-47)56(10,17-7)18-8/h23-38,41-42H,11-22,39-40H2,1-10H3/b24-23+,38-37+. The third kappa shape index (κ3) is 10.5. The Morgan fingerprint density at radius 1 is 0.517 bits per heavy atom. The van der Waals surface area contributed by atoms with E-state index in [0.29, 0.717) is 36.1 Å². The van der Waals surface area contributed by atoms with Crippen LogP contribution < -0.4 is 0 Å². The molecule has 2 aliphatic heterocycles. The van der Waals surface area contributed by atoms with Crippen LogP contribution in [0, 0.1) is 17.3 Å². The molecule has 2 aliphatic rings. The summed E-state index contributed by atoms with van der Waals surface area (Å²) >= 11 is 0. The summed E-state index contributed by atoms with van der Waals surface area (Å²) in [6.07, 6.45) is 21.9. The number of benzene rings is 3. The first-order chi connectivity index (χ1) is 28.9. The summed E-state index contributed by atoms with van der Waals surface area (Å²) in [4.78, 5) is 34.2. The van der Waals surface area contributed by atoms with Gasteiger partial charge in [0.1, 0.15) is 0 Å². The summed E-state index contributed by atoms with van der Waals surface area (Å²) in [7, 11) is 0. The number of rotatable bonds is 23. The van der Waals surface area contributed by atoms with Gasteiger partial charge < -0.3 is 9.80 Å². The Labute approximate surface area is 364 Å². The molecule has 2 amide bonds. The lowest BCUT2D eigenvalue weighted by Gasteiger charge is -2.30. The van der Waals surface area contributed by atoms with Gasteiger partial charge in [-0.15, -0.1) is 0 Å². The lowest BCUT2D eigenvalue weighted by Crippen LogP contribution is -2.34. The van der Waals surface area contributed by atoms with Crippen molar-refractivity contribution in [3.63, 3.8) is 0 Å². The Morgan fingerprint density at radius 2 is 0.900 bits per heavy atom. The van der Waals surface area contributed by atoms with E-state index >= 15 is 9.59 Å². The van der Waals surface area contributed by atoms with Gasteiger partial charge in [0.05, 0.1) is 22.5 Å². The number of amides is 2. The normalized spacial score (nSPS) is 16.0. The van der Waals surface area contributed by atoms with Gasteiger partial charge in [-0.25, -0.2) is 0 Å². The lowest BCUT2D eigenvalue weighted by molar-refractivity contribution is -0.124. The Kier molecular flexibility index (Phi) is 16.6. The Hall–Kier alpha value is -4.44. The highest BCUT2D eigenvalue weighted by Gasteiger charge is 2.49. The van der Waals surface area contributed by atoms with Crippen LogP contribution in [0.25, 0.3) is 29.6 Å². The van der Waals surface area contributed by atoms with E-state index in [2.05, 4.69) is 166 Å². The molecule has 2 atom stereocenters. The molecule has 0 aromatic heterocycles. The summed E-state index contributed by atoms with van der Waals surface area (Å²) in [5, 5.41) is 0. The van der Waals surface area contributed by atoms with Crippen LogP contribution >= 0.6 is 0 Å². The second-order valence-corrected chi connectivity index (χ2v) is 18.3. The molecule has 4 nitrogen and oxygen atoms in total. The summed E-state index contributed by atoms with van der Waals surface area (Å²) in [5.41, 5.74) is 9.65. The van der Waals surface area contributed by atoms with Crippen molar-refractivity contribution in [3.8, 4) is 0 Å². The topological polar surface area (TPSA) is 40.6 Å². The minimum Gasteiger partial charge on any atom is -0.307 e. The summed E-state index contributed by atoms with van der Waals surface area (Å²) in [5.74, 6) is 0.643. The predicted octanol–water partition coefficient (Wildman–Crippen LogP) is 15.0. The average molecular weight is 809 g/mol. The molecular formula is C56H76N2O2. The highest BCUT2D eigenvalue weighted by molar-refractivity contribution is 6.30. The van der Waals surface area contributed by atoms with Gasteiger partial charge in [-0.2, -0.15) is 0 Å². The molecule has 60 heavy (non-hydrogen) atoms. The van der Waals surface area contributed by atoms with E-state index < -0.39 is 0 Å². The summed E-state index contributed by atoms with van der Waals surface area (Å²) in [6, 6.07) is 26.0. The molecule has 2 unspecified atom stereocenters. The van der Waals surface area contributed by atoms with Crippen LogP contribution in [0.1, 0.15) is 180 Å². The number of nitrogens with zero attached hydrogens (tertiary/aromatic N) is 2. The smallest absolute Gasteiger partial charge is 0.261 e. The maximum absolute atomic E-state index is 15.1. The minimum atomic E-state index is -0.0327. The van der Waals surface area contributed by atoms with Gasteiger partial charge in [-0.3, -0.25) is 9.59 Å². The van der Waals surface area contributed by atoms with Crippen molar-refractivity contribution in [1.82, 2.24) is 9.80 Å². The monoisotopic (exact) mass is 809 g/mol. The van der Waals surface area contributed by atoms with E-state index in [-0.39, 0.29) is 22.6 Å². The third-order valence-corrected chi connectivity index (χ3v) is 14.4. The summed E-state index contributed by atoms with van der Waals surface area (Å²) < 4.78 is 0. The molecule has 3 aromatic carbocycles. The SMILES string of the molecule is CCCCC(CC)CN1C(=O)C2=C(c3ccc(C(C)(CC)CC)cc3)N(CC(CC)CCCC)C(=O)C2=C1c1ccc(/C=C/c2ccc(/C=C/C(C)(CC)CC)cc2)cc1. The first kappa shape index (κ1) is 46.6. The molecule has 322 valence electrons. The maximum atomic E-state index is 15.1. The van der Waals surface area contributed by atoms with Crippen LogP contribution in [0.3, 0.4) is 0 Å². The van der Waals surface area contributed by atoms with Gasteiger partial charge in [0.15, 0.2) is 0 Å². The molecule has 0 bridgehead atoms. The van der Waals surface area contributed by atoms with Crippen LogP contribution in [0.4, 0.5) is 0 Å². The first-order valence-corrected chi connectivity index (χ1v) is 23.7. The number of unbranched alkanes of at least 4 members (excludes halogenated alkanes) is 2. The second kappa shape index (κ2) is 21.4. The molecule has 4 heteroatoms. The van der Waals surface area contributed by atoms with Crippen LogP contribution in [0.5, 0.6) is 0 Å². The quantitative estimate of drug-likeness (QED) is 0.0896. The second-order valence-electron chi connectivity index (χ2n) is 18.3. The van der Waals surface area contributed by atoms with Crippen molar-refractivity contribution in [1.29, 1.82) is 0 Å². The number of hydrogen-bond donors (Lipinski definition) is 0. The molecule has 0 radical (unpaired) electrons. The van der Waals surface area contributed by atoms with E-state index in [1.54, 1.807) is 0 Å². The van der Waals surface area contributed by atoms with Crippen LogP contribution in [-0.2, 0) is 15.0 Å². The molecule has 2 heterocycles. The molecule has 0 spiro atoms. The molecule has 3 aromatic rings. The van der Waals surface area contributed by atoms with Gasteiger partial charge in [0.25, 0.3) is 11.8 Å². The van der Waals surface area contributed by atoms with Crippen molar-refractivity contribution in [2.75, 3.05) is 13.1 Å². The zero-order valence-corrected chi connectivity index (χ0v) is 39.0. The van der Waals surface area contributed by atoms with E-state index in [0.717, 1.165) is 111 Å². The van der Waals surface area contributed by atoms with Crippen molar-refractivity contribution in [2.45, 2.75) is 152 Å². The minimum absolute atomic E-state index is 0.0327. The van der Waals surface area contributed by atoms with Gasteiger partial charge >= 0.3 is 0 Å².